The molecule has 1 saturated heterocycles. The van der Waals surface area contributed by atoms with E-state index in [1.807, 2.05) is 0 Å². The van der Waals surface area contributed by atoms with Gasteiger partial charge in [-0.2, -0.15) is 13.2 Å². The van der Waals surface area contributed by atoms with Gasteiger partial charge >= 0.3 is 12.1 Å². The Hall–Kier alpha value is -2.09. The topological polar surface area (TPSA) is 57.6 Å². The Morgan fingerprint density at radius 2 is 1.88 bits per heavy atom. The van der Waals surface area contributed by atoms with Gasteiger partial charge in [0.2, 0.25) is 5.91 Å². The van der Waals surface area contributed by atoms with E-state index in [1.165, 1.54) is 13.0 Å². The molecule has 0 saturated carbocycles. The third-order valence-corrected chi connectivity index (χ3v) is 5.84. The maximum Gasteiger partial charge on any atom is 0.417 e. The highest BCUT2D eigenvalue weighted by Crippen LogP contribution is 2.45. The zero-order valence-corrected chi connectivity index (χ0v) is 14.2. The number of alkyl halides is 3. The van der Waals surface area contributed by atoms with Crippen molar-refractivity contribution in [2.75, 3.05) is 13.1 Å². The van der Waals surface area contributed by atoms with Gasteiger partial charge in [-0.1, -0.05) is 12.1 Å². The fourth-order valence-electron chi connectivity index (χ4n) is 3.41. The number of thiophene rings is 1. The highest BCUT2D eigenvalue weighted by Gasteiger charge is 2.36. The Bertz CT molecular complexity index is 836. The number of rotatable bonds is 2. The van der Waals surface area contributed by atoms with Crippen LogP contribution in [0.5, 0.6) is 0 Å². The summed E-state index contributed by atoms with van der Waals surface area (Å²) in [6.45, 7) is 2.43. The van der Waals surface area contributed by atoms with Crippen molar-refractivity contribution in [1.82, 2.24) is 4.90 Å². The van der Waals surface area contributed by atoms with Crippen LogP contribution >= 0.6 is 11.3 Å². The van der Waals surface area contributed by atoms with Crippen molar-refractivity contribution in [3.63, 3.8) is 0 Å². The molecule has 0 radical (unpaired) electrons. The molecule has 1 N–H and O–H groups in total. The number of likely N-dealkylation sites (tertiary alicyclic amines) is 1. The summed E-state index contributed by atoms with van der Waals surface area (Å²) in [6.07, 6.45) is -3.45. The third kappa shape index (κ3) is 3.22. The molecule has 0 spiro atoms. The molecule has 1 amide bonds. The molecule has 2 heterocycles. The number of piperidine rings is 1. The van der Waals surface area contributed by atoms with Crippen LogP contribution in [0.1, 0.15) is 46.5 Å². The normalized spacial score (nSPS) is 16.4. The lowest BCUT2D eigenvalue weighted by atomic mass is 9.87. The Morgan fingerprint density at radius 1 is 1.24 bits per heavy atom. The van der Waals surface area contributed by atoms with Gasteiger partial charge in [-0.3, -0.25) is 4.79 Å². The molecule has 25 heavy (non-hydrogen) atoms. The Morgan fingerprint density at radius 3 is 2.40 bits per heavy atom. The highest BCUT2D eigenvalue weighted by molar-refractivity contribution is 7.21. The maximum atomic E-state index is 13.3. The number of halogens is 3. The van der Waals surface area contributed by atoms with Gasteiger partial charge in [0.15, 0.2) is 0 Å². The number of carbonyl (C=O) groups is 2. The van der Waals surface area contributed by atoms with E-state index in [-0.39, 0.29) is 21.4 Å². The van der Waals surface area contributed by atoms with Crippen LogP contribution in [0.4, 0.5) is 13.2 Å². The van der Waals surface area contributed by atoms with E-state index in [9.17, 15) is 27.9 Å². The van der Waals surface area contributed by atoms with Gasteiger partial charge in [-0.25, -0.2) is 4.79 Å². The summed E-state index contributed by atoms with van der Waals surface area (Å²) >= 11 is 0.686. The van der Waals surface area contributed by atoms with Crippen molar-refractivity contribution >= 4 is 33.3 Å². The standard InChI is InChI=1S/C17H16F3NO3S/c1-9(22)21-7-5-10(6-8-21)13-11-3-2-4-12(17(18,19)20)14(11)25-15(13)16(23)24/h2-4,10H,5-8H2,1H3,(H,23,24). The summed E-state index contributed by atoms with van der Waals surface area (Å²) in [4.78, 5) is 24.7. The van der Waals surface area contributed by atoms with Crippen LogP contribution in [0.25, 0.3) is 10.1 Å². The molecule has 0 atom stereocenters. The molecule has 1 aliphatic rings. The molecular formula is C17H16F3NO3S. The monoisotopic (exact) mass is 371 g/mol. The number of hydrogen-bond acceptors (Lipinski definition) is 3. The van der Waals surface area contributed by atoms with Gasteiger partial charge in [-0.15, -0.1) is 11.3 Å². The van der Waals surface area contributed by atoms with Crippen molar-refractivity contribution in [2.24, 2.45) is 0 Å². The molecule has 8 heteroatoms. The van der Waals surface area contributed by atoms with Crippen LogP contribution in [0, 0.1) is 0 Å². The summed E-state index contributed by atoms with van der Waals surface area (Å²) in [6, 6.07) is 3.85. The number of nitrogens with zero attached hydrogens (tertiary/aromatic N) is 1. The predicted molar refractivity (Wildman–Crippen MR) is 88.0 cm³/mol. The summed E-state index contributed by atoms with van der Waals surface area (Å²) in [5.41, 5.74) is -0.327. The number of fused-ring (bicyclic) bond motifs is 1. The zero-order chi connectivity index (χ0) is 18.4. The summed E-state index contributed by atoms with van der Waals surface area (Å²) in [5, 5.41) is 9.86. The van der Waals surface area contributed by atoms with E-state index < -0.39 is 17.7 Å². The second-order valence-electron chi connectivity index (χ2n) is 6.11. The second-order valence-corrected chi connectivity index (χ2v) is 7.13. The van der Waals surface area contributed by atoms with Gasteiger partial charge in [0.25, 0.3) is 0 Å². The average Bonchev–Trinajstić information content (AvgIpc) is 2.93. The third-order valence-electron chi connectivity index (χ3n) is 4.60. The molecule has 0 unspecified atom stereocenters. The fourth-order valence-corrected chi connectivity index (χ4v) is 4.67. The van der Waals surface area contributed by atoms with E-state index in [2.05, 4.69) is 0 Å². The second kappa shape index (κ2) is 6.33. The lowest BCUT2D eigenvalue weighted by Crippen LogP contribution is -2.36. The molecule has 1 fully saturated rings. The molecule has 1 aromatic heterocycles. The fraction of sp³-hybridized carbons (Fsp3) is 0.412. The lowest BCUT2D eigenvalue weighted by molar-refractivity contribution is -0.136. The predicted octanol–water partition coefficient (Wildman–Crippen LogP) is 4.34. The number of benzene rings is 1. The Labute approximate surface area is 145 Å². The van der Waals surface area contributed by atoms with Crippen LogP contribution in [0.15, 0.2) is 18.2 Å². The van der Waals surface area contributed by atoms with Crippen molar-refractivity contribution in [3.8, 4) is 0 Å². The van der Waals surface area contributed by atoms with Crippen LogP contribution in [-0.4, -0.2) is 35.0 Å². The minimum atomic E-state index is -4.53. The van der Waals surface area contributed by atoms with Crippen molar-refractivity contribution in [3.05, 3.63) is 34.2 Å². The number of carboxylic acids is 1. The minimum Gasteiger partial charge on any atom is -0.477 e. The van der Waals surface area contributed by atoms with E-state index in [4.69, 9.17) is 0 Å². The number of amides is 1. The zero-order valence-electron chi connectivity index (χ0n) is 13.4. The van der Waals surface area contributed by atoms with Gasteiger partial charge in [0.1, 0.15) is 4.88 Å². The first-order valence-corrected chi connectivity index (χ1v) is 8.63. The number of carboxylic acid groups (broad SMARTS) is 1. The molecule has 4 nitrogen and oxygen atoms in total. The molecule has 0 aliphatic carbocycles. The molecule has 3 rings (SSSR count). The molecule has 134 valence electrons. The highest BCUT2D eigenvalue weighted by atomic mass is 32.1. The quantitative estimate of drug-likeness (QED) is 0.854. The first-order valence-electron chi connectivity index (χ1n) is 7.81. The van der Waals surface area contributed by atoms with Crippen molar-refractivity contribution in [2.45, 2.75) is 31.9 Å². The van der Waals surface area contributed by atoms with Gasteiger partial charge in [-0.05, 0) is 35.8 Å². The largest absolute Gasteiger partial charge is 0.477 e. The van der Waals surface area contributed by atoms with E-state index in [1.54, 1.807) is 11.0 Å². The minimum absolute atomic E-state index is 0.0311. The molecule has 0 bridgehead atoms. The first kappa shape index (κ1) is 17.7. The Kier molecular flexibility index (Phi) is 4.49. The maximum absolute atomic E-state index is 13.3. The van der Waals surface area contributed by atoms with Crippen LogP contribution in [-0.2, 0) is 11.0 Å². The molecule has 1 aliphatic heterocycles. The Balaban J connectivity index is 2.10. The van der Waals surface area contributed by atoms with E-state index >= 15 is 0 Å². The van der Waals surface area contributed by atoms with Gasteiger partial charge in [0.05, 0.1) is 5.56 Å². The summed E-state index contributed by atoms with van der Waals surface area (Å²) in [5.74, 6) is -1.43. The molecule has 2 aromatic rings. The summed E-state index contributed by atoms with van der Waals surface area (Å²) in [7, 11) is 0. The van der Waals surface area contributed by atoms with Crippen molar-refractivity contribution < 1.29 is 27.9 Å². The number of carbonyl (C=O) groups excluding carboxylic acids is 1. The average molecular weight is 371 g/mol. The van der Waals surface area contributed by atoms with Crippen LogP contribution in [0.2, 0.25) is 0 Å². The van der Waals surface area contributed by atoms with Gasteiger partial charge in [0, 0.05) is 24.7 Å². The van der Waals surface area contributed by atoms with Crippen LogP contribution < -0.4 is 0 Å². The van der Waals surface area contributed by atoms with Crippen LogP contribution in [0.3, 0.4) is 0 Å². The number of aromatic carboxylic acids is 1. The molecule has 1 aromatic carbocycles. The molecular weight excluding hydrogens is 355 g/mol. The first-order chi connectivity index (χ1) is 11.7. The van der Waals surface area contributed by atoms with E-state index in [0.29, 0.717) is 48.2 Å². The lowest BCUT2D eigenvalue weighted by Gasteiger charge is -2.31. The van der Waals surface area contributed by atoms with E-state index in [0.717, 1.165) is 6.07 Å². The SMILES string of the molecule is CC(=O)N1CCC(c2c(C(=O)O)sc3c(C(F)(F)F)cccc23)CC1. The number of hydrogen-bond donors (Lipinski definition) is 1. The van der Waals surface area contributed by atoms with Gasteiger partial charge < -0.3 is 10.0 Å². The smallest absolute Gasteiger partial charge is 0.417 e. The summed E-state index contributed by atoms with van der Waals surface area (Å²) < 4.78 is 39.7. The van der Waals surface area contributed by atoms with Crippen molar-refractivity contribution in [1.29, 1.82) is 0 Å².